The van der Waals surface area contributed by atoms with Crippen molar-refractivity contribution in [1.29, 1.82) is 0 Å². The molecule has 0 saturated heterocycles. The molecule has 0 aliphatic carbocycles. The Morgan fingerprint density at radius 1 is 1.35 bits per heavy atom. The number of fused-ring (bicyclic) bond motifs is 1. The molecule has 0 spiro atoms. The largest absolute Gasteiger partial charge is 0.361 e. The number of rotatable bonds is 5. The van der Waals surface area contributed by atoms with Crippen molar-refractivity contribution in [2.75, 3.05) is 6.54 Å². The van der Waals surface area contributed by atoms with Crippen molar-refractivity contribution in [2.24, 2.45) is 0 Å². The average molecular weight is 271 g/mol. The first-order chi connectivity index (χ1) is 9.70. The van der Waals surface area contributed by atoms with E-state index in [-0.39, 0.29) is 6.03 Å². The maximum absolute atomic E-state index is 11.6. The maximum atomic E-state index is 11.6. The first-order valence-corrected chi connectivity index (χ1v) is 6.95. The number of aromatic amines is 1. The highest BCUT2D eigenvalue weighted by atomic mass is 16.2. The van der Waals surface area contributed by atoms with Crippen LogP contribution in [0.2, 0.25) is 0 Å². The SMILES string of the molecule is CC/C(C)=C/NC(=O)NCCc1c[nH]c2ccccc12. The lowest BCUT2D eigenvalue weighted by atomic mass is 10.1. The second kappa shape index (κ2) is 6.80. The molecule has 2 aromatic rings. The summed E-state index contributed by atoms with van der Waals surface area (Å²) in [6.45, 7) is 4.67. The van der Waals surface area contributed by atoms with E-state index in [4.69, 9.17) is 0 Å². The van der Waals surface area contributed by atoms with Gasteiger partial charge in [0, 0.05) is 29.8 Å². The van der Waals surface area contributed by atoms with Gasteiger partial charge in [-0.3, -0.25) is 0 Å². The summed E-state index contributed by atoms with van der Waals surface area (Å²) in [6.07, 6.45) is 5.51. The van der Waals surface area contributed by atoms with E-state index in [0.29, 0.717) is 6.54 Å². The predicted molar refractivity (Wildman–Crippen MR) is 82.6 cm³/mol. The van der Waals surface area contributed by atoms with Gasteiger partial charge in [0.1, 0.15) is 0 Å². The molecule has 4 heteroatoms. The smallest absolute Gasteiger partial charge is 0.318 e. The van der Waals surface area contributed by atoms with Crippen LogP contribution in [0.1, 0.15) is 25.8 Å². The Labute approximate surface area is 119 Å². The first kappa shape index (κ1) is 14.2. The van der Waals surface area contributed by atoms with Gasteiger partial charge < -0.3 is 15.6 Å². The molecule has 0 saturated carbocycles. The second-order valence-corrected chi connectivity index (χ2v) is 4.85. The molecule has 106 valence electrons. The minimum Gasteiger partial charge on any atom is -0.361 e. The van der Waals surface area contributed by atoms with Crippen molar-refractivity contribution < 1.29 is 4.79 Å². The lowest BCUT2D eigenvalue weighted by Gasteiger charge is -2.05. The monoisotopic (exact) mass is 271 g/mol. The number of hydrogen-bond acceptors (Lipinski definition) is 1. The summed E-state index contributed by atoms with van der Waals surface area (Å²) in [5.74, 6) is 0. The molecule has 2 rings (SSSR count). The van der Waals surface area contributed by atoms with Gasteiger partial charge in [-0.25, -0.2) is 4.79 Å². The molecule has 4 nitrogen and oxygen atoms in total. The zero-order valence-corrected chi connectivity index (χ0v) is 12.0. The van der Waals surface area contributed by atoms with Crippen LogP contribution in [-0.4, -0.2) is 17.6 Å². The summed E-state index contributed by atoms with van der Waals surface area (Å²) < 4.78 is 0. The number of hydrogen-bond donors (Lipinski definition) is 3. The third kappa shape index (κ3) is 3.63. The molecular weight excluding hydrogens is 250 g/mol. The van der Waals surface area contributed by atoms with Crippen LogP contribution >= 0.6 is 0 Å². The number of carbonyl (C=O) groups excluding carboxylic acids is 1. The summed E-state index contributed by atoms with van der Waals surface area (Å²) in [5, 5.41) is 6.81. The Balaban J connectivity index is 1.83. The van der Waals surface area contributed by atoms with Crippen LogP contribution < -0.4 is 10.6 Å². The molecule has 0 fully saturated rings. The Kier molecular flexibility index (Phi) is 4.82. The average Bonchev–Trinajstić information content (AvgIpc) is 2.88. The van der Waals surface area contributed by atoms with Crippen LogP contribution in [0, 0.1) is 0 Å². The van der Waals surface area contributed by atoms with Crippen molar-refractivity contribution in [3.63, 3.8) is 0 Å². The van der Waals surface area contributed by atoms with E-state index < -0.39 is 0 Å². The van der Waals surface area contributed by atoms with E-state index >= 15 is 0 Å². The fourth-order valence-electron chi connectivity index (χ4n) is 1.99. The summed E-state index contributed by atoms with van der Waals surface area (Å²) in [4.78, 5) is 14.8. The number of benzene rings is 1. The van der Waals surface area contributed by atoms with E-state index in [0.717, 1.165) is 23.9 Å². The summed E-state index contributed by atoms with van der Waals surface area (Å²) in [5.41, 5.74) is 3.51. The van der Waals surface area contributed by atoms with E-state index in [1.807, 2.05) is 25.3 Å². The van der Waals surface area contributed by atoms with Crippen LogP contribution in [0.4, 0.5) is 4.79 Å². The third-order valence-electron chi connectivity index (χ3n) is 3.36. The fourth-order valence-corrected chi connectivity index (χ4v) is 1.99. The number of aromatic nitrogens is 1. The van der Waals surface area contributed by atoms with E-state index in [9.17, 15) is 4.79 Å². The quantitative estimate of drug-likeness (QED) is 0.767. The number of para-hydroxylation sites is 1. The number of H-pyrrole nitrogens is 1. The topological polar surface area (TPSA) is 56.9 Å². The molecule has 1 aromatic heterocycles. The van der Waals surface area contributed by atoms with Gasteiger partial charge in [-0.05, 0) is 31.4 Å². The van der Waals surface area contributed by atoms with Gasteiger partial charge in [0.2, 0.25) is 0 Å². The van der Waals surface area contributed by atoms with Gasteiger partial charge in [0.25, 0.3) is 0 Å². The molecule has 2 amide bonds. The minimum absolute atomic E-state index is 0.155. The van der Waals surface area contributed by atoms with Gasteiger partial charge in [-0.1, -0.05) is 30.7 Å². The molecule has 1 aromatic carbocycles. The second-order valence-electron chi connectivity index (χ2n) is 4.85. The van der Waals surface area contributed by atoms with Gasteiger partial charge >= 0.3 is 6.03 Å². The third-order valence-corrected chi connectivity index (χ3v) is 3.36. The van der Waals surface area contributed by atoms with Gasteiger partial charge in [0.05, 0.1) is 0 Å². The number of nitrogens with one attached hydrogen (secondary N) is 3. The summed E-state index contributed by atoms with van der Waals surface area (Å²) in [7, 11) is 0. The highest BCUT2D eigenvalue weighted by molar-refractivity contribution is 5.83. The Hall–Kier alpha value is -2.23. The van der Waals surface area contributed by atoms with Gasteiger partial charge in [-0.2, -0.15) is 0 Å². The molecule has 1 heterocycles. The standard InChI is InChI=1S/C16H21N3O/c1-3-12(2)10-19-16(20)17-9-8-13-11-18-15-7-5-4-6-14(13)15/h4-7,10-11,18H,3,8-9H2,1-2H3,(H2,17,19,20)/b12-10+. The normalized spacial score (nSPS) is 11.6. The minimum atomic E-state index is -0.155. The zero-order chi connectivity index (χ0) is 14.4. The van der Waals surface area contributed by atoms with Crippen LogP contribution in [0.5, 0.6) is 0 Å². The summed E-state index contributed by atoms with van der Waals surface area (Å²) >= 11 is 0. The van der Waals surface area contributed by atoms with Crippen molar-refractivity contribution in [3.05, 3.63) is 47.8 Å². The Morgan fingerprint density at radius 3 is 2.95 bits per heavy atom. The van der Waals surface area contributed by atoms with E-state index in [1.165, 1.54) is 10.9 Å². The molecule has 0 aliphatic rings. The van der Waals surface area contributed by atoms with E-state index in [2.05, 4.69) is 34.7 Å². The van der Waals surface area contributed by atoms with Crippen molar-refractivity contribution in [1.82, 2.24) is 15.6 Å². The van der Waals surface area contributed by atoms with Gasteiger partial charge in [0.15, 0.2) is 0 Å². The first-order valence-electron chi connectivity index (χ1n) is 6.95. The molecule has 3 N–H and O–H groups in total. The van der Waals surface area contributed by atoms with Crippen LogP contribution in [0.3, 0.4) is 0 Å². The highest BCUT2D eigenvalue weighted by Crippen LogP contribution is 2.17. The zero-order valence-electron chi connectivity index (χ0n) is 12.0. The number of allylic oxidation sites excluding steroid dienone is 1. The predicted octanol–water partition coefficient (Wildman–Crippen LogP) is 3.32. The Bertz CT molecular complexity index is 613. The van der Waals surface area contributed by atoms with Crippen molar-refractivity contribution in [2.45, 2.75) is 26.7 Å². The fraction of sp³-hybridized carbons (Fsp3) is 0.312. The lowest BCUT2D eigenvalue weighted by Crippen LogP contribution is -2.33. The molecule has 0 atom stereocenters. The number of urea groups is 1. The molecule has 0 radical (unpaired) electrons. The molecule has 0 aliphatic heterocycles. The van der Waals surface area contributed by atoms with Gasteiger partial charge in [-0.15, -0.1) is 0 Å². The van der Waals surface area contributed by atoms with Crippen LogP contribution in [-0.2, 0) is 6.42 Å². The van der Waals surface area contributed by atoms with E-state index in [1.54, 1.807) is 6.20 Å². The number of carbonyl (C=O) groups is 1. The van der Waals surface area contributed by atoms with Crippen molar-refractivity contribution in [3.8, 4) is 0 Å². The number of amides is 2. The molecule has 20 heavy (non-hydrogen) atoms. The molecule has 0 unspecified atom stereocenters. The molecular formula is C16H21N3O. The maximum Gasteiger partial charge on any atom is 0.318 e. The highest BCUT2D eigenvalue weighted by Gasteiger charge is 2.03. The Morgan fingerprint density at radius 2 is 2.15 bits per heavy atom. The van der Waals surface area contributed by atoms with Crippen molar-refractivity contribution >= 4 is 16.9 Å². The van der Waals surface area contributed by atoms with Crippen LogP contribution in [0.15, 0.2) is 42.2 Å². The van der Waals surface area contributed by atoms with Crippen LogP contribution in [0.25, 0.3) is 10.9 Å². The lowest BCUT2D eigenvalue weighted by molar-refractivity contribution is 0.244. The molecule has 0 bridgehead atoms. The summed E-state index contributed by atoms with van der Waals surface area (Å²) in [6, 6.07) is 8.03.